The van der Waals surface area contributed by atoms with Crippen LogP contribution in [0.2, 0.25) is 0 Å². The normalized spacial score (nSPS) is 10.6. The third-order valence-electron chi connectivity index (χ3n) is 4.50. The molecule has 1 aromatic carbocycles. The average Bonchev–Trinajstić information content (AvgIpc) is 2.67. The molecule has 6 nitrogen and oxygen atoms in total. The van der Waals surface area contributed by atoms with Crippen molar-refractivity contribution >= 4 is 11.6 Å². The summed E-state index contributed by atoms with van der Waals surface area (Å²) in [5.74, 6) is -0.0676. The lowest BCUT2D eigenvalue weighted by molar-refractivity contribution is -0.116. The minimum Gasteiger partial charge on any atom is -0.326 e. The van der Waals surface area contributed by atoms with E-state index in [-0.39, 0.29) is 11.5 Å². The number of rotatable bonds is 6. The largest absolute Gasteiger partial charge is 0.326 e. The number of aromatic nitrogens is 3. The summed E-state index contributed by atoms with van der Waals surface area (Å²) in [4.78, 5) is 28.2. The molecule has 0 bridgehead atoms. The summed E-state index contributed by atoms with van der Waals surface area (Å²) in [5.41, 5.74) is 4.45. The lowest BCUT2D eigenvalue weighted by Crippen LogP contribution is -2.23. The fourth-order valence-electron chi connectivity index (χ4n) is 2.77. The Morgan fingerprint density at radius 2 is 1.85 bits per heavy atom. The Hall–Kier alpha value is -3.28. The molecule has 1 N–H and O–H groups in total. The van der Waals surface area contributed by atoms with Gasteiger partial charge in [0.2, 0.25) is 5.91 Å². The van der Waals surface area contributed by atoms with Crippen LogP contribution in [0.3, 0.4) is 0 Å². The van der Waals surface area contributed by atoms with Crippen LogP contribution in [0.15, 0.2) is 59.7 Å². The van der Waals surface area contributed by atoms with Gasteiger partial charge in [-0.3, -0.25) is 14.6 Å². The van der Waals surface area contributed by atoms with Crippen molar-refractivity contribution in [1.29, 1.82) is 0 Å². The second-order valence-electron chi connectivity index (χ2n) is 6.42. The maximum absolute atomic E-state index is 12.2. The van der Waals surface area contributed by atoms with Gasteiger partial charge in [-0.2, -0.15) is 5.10 Å². The lowest BCUT2D eigenvalue weighted by Gasteiger charge is -2.11. The lowest BCUT2D eigenvalue weighted by atomic mass is 10.1. The second kappa shape index (κ2) is 8.40. The van der Waals surface area contributed by atoms with Crippen LogP contribution in [0.5, 0.6) is 0 Å². The molecule has 1 amide bonds. The first-order chi connectivity index (χ1) is 13.0. The molecule has 6 heteroatoms. The van der Waals surface area contributed by atoms with Crippen LogP contribution in [0.25, 0.3) is 11.3 Å². The maximum atomic E-state index is 12.2. The number of anilines is 1. The molecule has 2 heterocycles. The zero-order chi connectivity index (χ0) is 19.2. The van der Waals surface area contributed by atoms with E-state index in [1.807, 2.05) is 44.2 Å². The van der Waals surface area contributed by atoms with Crippen molar-refractivity contribution in [3.05, 3.63) is 76.3 Å². The highest BCUT2D eigenvalue weighted by atomic mass is 16.1. The van der Waals surface area contributed by atoms with E-state index in [1.54, 1.807) is 18.5 Å². The van der Waals surface area contributed by atoms with E-state index in [0.717, 1.165) is 22.4 Å². The van der Waals surface area contributed by atoms with Gasteiger partial charge in [-0.15, -0.1) is 0 Å². The maximum Gasteiger partial charge on any atom is 0.266 e. The number of nitrogens with zero attached hydrogens (tertiary/aromatic N) is 3. The van der Waals surface area contributed by atoms with Gasteiger partial charge in [0, 0.05) is 42.7 Å². The first-order valence-corrected chi connectivity index (χ1v) is 8.89. The third-order valence-corrected chi connectivity index (χ3v) is 4.50. The Morgan fingerprint density at radius 1 is 1.07 bits per heavy atom. The third kappa shape index (κ3) is 4.67. The Bertz CT molecular complexity index is 997. The molecular formula is C21H22N4O2. The predicted octanol–water partition coefficient (Wildman–Crippen LogP) is 3.34. The fraction of sp³-hybridized carbons (Fsp3) is 0.238. The van der Waals surface area contributed by atoms with Gasteiger partial charge >= 0.3 is 0 Å². The average molecular weight is 362 g/mol. The molecule has 3 aromatic rings. The summed E-state index contributed by atoms with van der Waals surface area (Å²) >= 11 is 0. The van der Waals surface area contributed by atoms with Gasteiger partial charge in [-0.25, -0.2) is 4.68 Å². The number of amides is 1. The van der Waals surface area contributed by atoms with Crippen LogP contribution in [-0.2, 0) is 11.3 Å². The molecule has 0 spiro atoms. The number of carbonyl (C=O) groups excluding carboxylic acids is 1. The predicted molar refractivity (Wildman–Crippen MR) is 106 cm³/mol. The van der Waals surface area contributed by atoms with Crippen LogP contribution >= 0.6 is 0 Å². The fourth-order valence-corrected chi connectivity index (χ4v) is 2.77. The van der Waals surface area contributed by atoms with Crippen LogP contribution < -0.4 is 10.9 Å². The molecule has 0 aliphatic carbocycles. The topological polar surface area (TPSA) is 76.9 Å². The summed E-state index contributed by atoms with van der Waals surface area (Å²) in [5, 5.41) is 7.33. The Labute approximate surface area is 157 Å². The molecule has 2 aromatic heterocycles. The first kappa shape index (κ1) is 18.5. The van der Waals surface area contributed by atoms with Crippen LogP contribution in [0.1, 0.15) is 24.0 Å². The molecule has 0 atom stereocenters. The number of hydrogen-bond donors (Lipinski definition) is 1. The van der Waals surface area contributed by atoms with E-state index >= 15 is 0 Å². The van der Waals surface area contributed by atoms with Gasteiger partial charge in [0.25, 0.3) is 5.56 Å². The van der Waals surface area contributed by atoms with Crippen molar-refractivity contribution in [3.63, 3.8) is 0 Å². The van der Waals surface area contributed by atoms with Crippen molar-refractivity contribution in [2.24, 2.45) is 0 Å². The molecular weight excluding hydrogens is 340 g/mol. The summed E-state index contributed by atoms with van der Waals surface area (Å²) in [6.45, 7) is 4.38. The summed E-state index contributed by atoms with van der Waals surface area (Å²) < 4.78 is 1.40. The zero-order valence-electron chi connectivity index (χ0n) is 15.5. The molecule has 0 aliphatic rings. The number of hydrogen-bond acceptors (Lipinski definition) is 4. The monoisotopic (exact) mass is 362 g/mol. The van der Waals surface area contributed by atoms with Gasteiger partial charge in [-0.1, -0.05) is 12.1 Å². The van der Waals surface area contributed by atoms with Gasteiger partial charge < -0.3 is 5.32 Å². The number of nitrogens with one attached hydrogen (secondary N) is 1. The molecule has 138 valence electrons. The van der Waals surface area contributed by atoms with Gasteiger partial charge in [0.05, 0.1) is 5.69 Å². The van der Waals surface area contributed by atoms with Crippen molar-refractivity contribution in [2.75, 3.05) is 5.32 Å². The molecule has 0 radical (unpaired) electrons. The van der Waals surface area contributed by atoms with Crippen molar-refractivity contribution < 1.29 is 4.79 Å². The second-order valence-corrected chi connectivity index (χ2v) is 6.42. The summed E-state index contributed by atoms with van der Waals surface area (Å²) in [6, 6.07) is 12.7. The Morgan fingerprint density at radius 3 is 2.63 bits per heavy atom. The minimum absolute atomic E-state index is 0.0676. The zero-order valence-corrected chi connectivity index (χ0v) is 15.5. The smallest absolute Gasteiger partial charge is 0.266 e. The molecule has 0 unspecified atom stereocenters. The summed E-state index contributed by atoms with van der Waals surface area (Å²) in [6.07, 6.45) is 4.22. The van der Waals surface area contributed by atoms with Gasteiger partial charge in [0.1, 0.15) is 0 Å². The highest BCUT2D eigenvalue weighted by molar-refractivity contribution is 5.91. The van der Waals surface area contributed by atoms with Gasteiger partial charge in [-0.05, 0) is 55.7 Å². The highest BCUT2D eigenvalue weighted by Crippen LogP contribution is 2.18. The number of carbonyl (C=O) groups is 1. The standard InChI is InChI=1S/C21H22N4O2/c1-15-5-3-6-18(16(15)2)23-20(26)7-4-14-25-21(27)9-8-19(24-25)17-10-12-22-13-11-17/h3,5-6,8-13H,4,7,14H2,1-2H3,(H,23,26). The highest BCUT2D eigenvalue weighted by Gasteiger charge is 2.08. The molecule has 0 saturated carbocycles. The molecule has 0 saturated heterocycles. The number of aryl methyl sites for hydroxylation is 2. The molecule has 27 heavy (non-hydrogen) atoms. The van der Waals surface area contributed by atoms with Crippen molar-refractivity contribution in [2.45, 2.75) is 33.2 Å². The number of benzene rings is 1. The Balaban J connectivity index is 1.61. The van der Waals surface area contributed by atoms with E-state index in [4.69, 9.17) is 0 Å². The summed E-state index contributed by atoms with van der Waals surface area (Å²) in [7, 11) is 0. The van der Waals surface area contributed by atoms with Crippen LogP contribution in [0.4, 0.5) is 5.69 Å². The first-order valence-electron chi connectivity index (χ1n) is 8.89. The van der Waals surface area contributed by atoms with E-state index in [2.05, 4.69) is 15.4 Å². The van der Waals surface area contributed by atoms with Crippen molar-refractivity contribution in [3.8, 4) is 11.3 Å². The van der Waals surface area contributed by atoms with E-state index in [9.17, 15) is 9.59 Å². The van der Waals surface area contributed by atoms with Crippen LogP contribution in [-0.4, -0.2) is 20.7 Å². The van der Waals surface area contributed by atoms with E-state index < -0.39 is 0 Å². The molecule has 3 rings (SSSR count). The SMILES string of the molecule is Cc1cccc(NC(=O)CCCn2nc(-c3ccncc3)ccc2=O)c1C. The minimum atomic E-state index is -0.178. The van der Waals surface area contributed by atoms with E-state index in [0.29, 0.717) is 25.1 Å². The van der Waals surface area contributed by atoms with Gasteiger partial charge in [0.15, 0.2) is 0 Å². The van der Waals surface area contributed by atoms with Crippen LogP contribution in [0, 0.1) is 13.8 Å². The van der Waals surface area contributed by atoms with Crippen molar-refractivity contribution in [1.82, 2.24) is 14.8 Å². The van der Waals surface area contributed by atoms with E-state index in [1.165, 1.54) is 10.7 Å². The number of pyridine rings is 1. The quantitative estimate of drug-likeness (QED) is 0.730. The molecule has 0 fully saturated rings. The molecule has 0 aliphatic heterocycles. The Kier molecular flexibility index (Phi) is 5.76.